The molecular weight excluding hydrogens is 581 g/mol. The van der Waals surface area contributed by atoms with Crippen LogP contribution in [0.3, 0.4) is 0 Å². The highest BCUT2D eigenvalue weighted by Gasteiger charge is 2.52. The first-order valence-electron chi connectivity index (χ1n) is 14.7. The Balaban J connectivity index is 1.20. The SMILES string of the molecule is COC(=O)N[C@H]1CCCC1C(C#N)(c1ccccc1)C1CCN(CC2CN(c3ccc(S(=O)(=O)C(F)(F)F)cc3)C2)CC1. The molecule has 43 heavy (non-hydrogen) atoms. The van der Waals surface area contributed by atoms with Crippen molar-refractivity contribution in [1.82, 2.24) is 10.2 Å². The summed E-state index contributed by atoms with van der Waals surface area (Å²) >= 11 is 0. The normalized spacial score (nSPS) is 23.7. The second-order valence-electron chi connectivity index (χ2n) is 11.9. The number of nitriles is 1. The number of alkyl halides is 3. The minimum Gasteiger partial charge on any atom is -0.453 e. The van der Waals surface area contributed by atoms with Crippen molar-refractivity contribution in [3.8, 4) is 6.07 Å². The van der Waals surface area contributed by atoms with Gasteiger partial charge in [0, 0.05) is 43.2 Å². The molecular formula is C31H37F3N4O4S. The van der Waals surface area contributed by atoms with Gasteiger partial charge in [-0.25, -0.2) is 13.2 Å². The molecule has 1 N–H and O–H groups in total. The molecule has 12 heteroatoms. The third-order valence-corrected chi connectivity index (χ3v) is 11.1. The Morgan fingerprint density at radius 3 is 2.26 bits per heavy atom. The highest BCUT2D eigenvalue weighted by Crippen LogP contribution is 2.50. The Morgan fingerprint density at radius 1 is 1.02 bits per heavy atom. The Hall–Kier alpha value is -3.30. The number of carbonyl (C=O) groups excluding carboxylic acids is 1. The number of hydrogen-bond donors (Lipinski definition) is 1. The molecule has 2 aliphatic heterocycles. The van der Waals surface area contributed by atoms with Gasteiger partial charge in [-0.3, -0.25) is 0 Å². The number of ether oxygens (including phenoxy) is 1. The van der Waals surface area contributed by atoms with Crippen LogP contribution in [-0.4, -0.2) is 70.8 Å². The number of anilines is 1. The summed E-state index contributed by atoms with van der Waals surface area (Å²) in [6.07, 6.45) is 3.86. The van der Waals surface area contributed by atoms with Crippen molar-refractivity contribution in [3.63, 3.8) is 0 Å². The zero-order valence-electron chi connectivity index (χ0n) is 24.1. The van der Waals surface area contributed by atoms with Crippen molar-refractivity contribution >= 4 is 21.6 Å². The minimum atomic E-state index is -5.36. The van der Waals surface area contributed by atoms with Crippen LogP contribution >= 0.6 is 0 Å². The first kappa shape index (κ1) is 31.1. The lowest BCUT2D eigenvalue weighted by Crippen LogP contribution is -2.55. The molecule has 1 amide bonds. The van der Waals surface area contributed by atoms with Crippen LogP contribution in [0.4, 0.5) is 23.7 Å². The lowest BCUT2D eigenvalue weighted by Gasteiger charge is -2.48. The molecule has 0 radical (unpaired) electrons. The first-order valence-corrected chi connectivity index (χ1v) is 16.2. The van der Waals surface area contributed by atoms with Crippen LogP contribution in [-0.2, 0) is 20.0 Å². The second-order valence-corrected chi connectivity index (χ2v) is 13.9. The van der Waals surface area contributed by atoms with Gasteiger partial charge in [0.25, 0.3) is 9.84 Å². The zero-order valence-corrected chi connectivity index (χ0v) is 24.9. The van der Waals surface area contributed by atoms with Crippen LogP contribution in [0.2, 0.25) is 0 Å². The van der Waals surface area contributed by atoms with Gasteiger partial charge in [0.05, 0.1) is 23.5 Å². The third-order valence-electron chi connectivity index (χ3n) is 9.55. The number of hydrogen-bond acceptors (Lipinski definition) is 7. The molecule has 3 aliphatic rings. The Kier molecular flexibility index (Phi) is 8.95. The van der Waals surface area contributed by atoms with E-state index >= 15 is 0 Å². The molecule has 2 aromatic carbocycles. The molecule has 1 saturated carbocycles. The van der Waals surface area contributed by atoms with E-state index in [1.807, 2.05) is 35.2 Å². The molecule has 2 saturated heterocycles. The van der Waals surface area contributed by atoms with E-state index < -0.39 is 31.7 Å². The maximum Gasteiger partial charge on any atom is 0.501 e. The summed E-state index contributed by atoms with van der Waals surface area (Å²) in [5.74, 6) is 0.493. The molecule has 8 nitrogen and oxygen atoms in total. The largest absolute Gasteiger partial charge is 0.501 e. The molecule has 3 atom stereocenters. The van der Waals surface area contributed by atoms with E-state index in [4.69, 9.17) is 4.74 Å². The van der Waals surface area contributed by atoms with Crippen molar-refractivity contribution in [3.05, 3.63) is 60.2 Å². The number of likely N-dealkylation sites (tertiary alicyclic amines) is 1. The molecule has 2 aromatic rings. The summed E-state index contributed by atoms with van der Waals surface area (Å²) in [5.41, 5.74) is -4.35. The maximum atomic E-state index is 12.8. The Labute approximate surface area is 250 Å². The van der Waals surface area contributed by atoms with Gasteiger partial charge in [-0.05, 0) is 74.5 Å². The van der Waals surface area contributed by atoms with Gasteiger partial charge < -0.3 is 19.9 Å². The maximum absolute atomic E-state index is 12.8. The standard InChI is InChI=1S/C31H37F3N4O4S/c1-42-29(39)36-28-9-5-8-27(28)30(21-35,23-6-3-2-4-7-23)24-14-16-37(17-15-24)18-22-19-38(20-22)25-10-12-26(13-11-25)43(40,41)31(32,33)34/h2-4,6-7,10-13,22,24,27-28H,5,8-9,14-20H2,1H3,(H,36,39)/t27?,28-,30?/m0/s1. The number of amides is 1. The molecule has 0 bridgehead atoms. The summed E-state index contributed by atoms with van der Waals surface area (Å²) in [6, 6.07) is 17.5. The average molecular weight is 619 g/mol. The highest BCUT2D eigenvalue weighted by molar-refractivity contribution is 7.92. The van der Waals surface area contributed by atoms with Gasteiger partial charge >= 0.3 is 11.6 Å². The molecule has 5 rings (SSSR count). The summed E-state index contributed by atoms with van der Waals surface area (Å²) in [5, 5.41) is 13.9. The fraction of sp³-hybridized carbons (Fsp3) is 0.548. The second kappa shape index (κ2) is 12.4. The number of halogens is 3. The number of sulfone groups is 1. The molecule has 0 spiro atoms. The Bertz CT molecular complexity index is 1420. The van der Waals surface area contributed by atoms with Gasteiger partial charge in [0.1, 0.15) is 0 Å². The number of alkyl carbamates (subject to hydrolysis) is 1. The van der Waals surface area contributed by atoms with Gasteiger partial charge in [0.2, 0.25) is 0 Å². The summed E-state index contributed by atoms with van der Waals surface area (Å²) in [7, 11) is -4.00. The van der Waals surface area contributed by atoms with Crippen LogP contribution in [0, 0.1) is 29.1 Å². The molecule has 2 heterocycles. The number of nitrogens with one attached hydrogen (secondary N) is 1. The van der Waals surface area contributed by atoms with E-state index in [1.54, 1.807) is 0 Å². The fourth-order valence-corrected chi connectivity index (χ4v) is 8.16. The quantitative estimate of drug-likeness (QED) is 0.439. The number of carbonyl (C=O) groups is 1. The van der Waals surface area contributed by atoms with Crippen molar-refractivity contribution in [2.24, 2.45) is 17.8 Å². The average Bonchev–Trinajstić information content (AvgIpc) is 3.44. The first-order chi connectivity index (χ1) is 20.5. The fourth-order valence-electron chi connectivity index (χ4n) is 7.40. The van der Waals surface area contributed by atoms with Crippen LogP contribution in [0.5, 0.6) is 0 Å². The van der Waals surface area contributed by atoms with Crippen LogP contribution in [0.15, 0.2) is 59.5 Å². The van der Waals surface area contributed by atoms with Crippen molar-refractivity contribution < 1.29 is 31.1 Å². The van der Waals surface area contributed by atoms with E-state index in [0.717, 1.165) is 82.5 Å². The lowest BCUT2D eigenvalue weighted by molar-refractivity contribution is -0.0436. The van der Waals surface area contributed by atoms with E-state index in [0.29, 0.717) is 11.6 Å². The van der Waals surface area contributed by atoms with E-state index in [9.17, 15) is 31.6 Å². The molecule has 232 valence electrons. The van der Waals surface area contributed by atoms with Crippen LogP contribution in [0.1, 0.15) is 37.7 Å². The summed E-state index contributed by atoms with van der Waals surface area (Å²) in [6.45, 7) is 4.05. The Morgan fingerprint density at radius 2 is 1.67 bits per heavy atom. The molecule has 2 unspecified atom stereocenters. The number of piperidine rings is 1. The van der Waals surface area contributed by atoms with E-state index in [-0.39, 0.29) is 17.9 Å². The van der Waals surface area contributed by atoms with Gasteiger partial charge in [-0.2, -0.15) is 18.4 Å². The van der Waals surface area contributed by atoms with Gasteiger partial charge in [-0.15, -0.1) is 0 Å². The van der Waals surface area contributed by atoms with E-state index in [1.165, 1.54) is 19.2 Å². The molecule has 3 fully saturated rings. The van der Waals surface area contributed by atoms with Crippen molar-refractivity contribution in [2.45, 2.75) is 54.0 Å². The minimum absolute atomic E-state index is 0.0201. The summed E-state index contributed by atoms with van der Waals surface area (Å²) in [4.78, 5) is 15.8. The predicted molar refractivity (Wildman–Crippen MR) is 155 cm³/mol. The monoisotopic (exact) mass is 618 g/mol. The molecule has 1 aliphatic carbocycles. The lowest BCUT2D eigenvalue weighted by atomic mass is 9.59. The van der Waals surface area contributed by atoms with Crippen molar-refractivity contribution in [2.75, 3.05) is 44.7 Å². The number of nitrogens with zero attached hydrogens (tertiary/aromatic N) is 3. The van der Waals surface area contributed by atoms with Crippen molar-refractivity contribution in [1.29, 1.82) is 5.26 Å². The molecule has 0 aromatic heterocycles. The third kappa shape index (κ3) is 6.07. The highest BCUT2D eigenvalue weighted by atomic mass is 32.2. The zero-order chi connectivity index (χ0) is 30.8. The van der Waals surface area contributed by atoms with Crippen LogP contribution in [0.25, 0.3) is 0 Å². The number of methoxy groups -OCH3 is 1. The van der Waals surface area contributed by atoms with Gasteiger partial charge in [-0.1, -0.05) is 36.8 Å². The van der Waals surface area contributed by atoms with Crippen LogP contribution < -0.4 is 10.2 Å². The topological polar surface area (TPSA) is 103 Å². The number of benzene rings is 2. The smallest absolute Gasteiger partial charge is 0.453 e. The predicted octanol–water partition coefficient (Wildman–Crippen LogP) is 5.11. The van der Waals surface area contributed by atoms with E-state index in [2.05, 4.69) is 16.3 Å². The number of rotatable bonds is 8. The summed E-state index contributed by atoms with van der Waals surface area (Å²) < 4.78 is 66.7. The van der Waals surface area contributed by atoms with Gasteiger partial charge in [0.15, 0.2) is 0 Å².